The predicted octanol–water partition coefficient (Wildman–Crippen LogP) is 0.441. The number of H-pyrrole nitrogens is 1. The van der Waals surface area contributed by atoms with Gasteiger partial charge in [-0.15, -0.1) is 0 Å². The number of nitrogens with zero attached hydrogens (tertiary/aromatic N) is 2. The molecule has 1 aromatic carbocycles. The summed E-state index contributed by atoms with van der Waals surface area (Å²) < 4.78 is 44.4. The second kappa shape index (κ2) is 9.78. The van der Waals surface area contributed by atoms with E-state index in [1.54, 1.807) is 7.11 Å². The zero-order valence-electron chi connectivity index (χ0n) is 18.4. The summed E-state index contributed by atoms with van der Waals surface area (Å²) in [7, 11) is -3.17. The van der Waals surface area contributed by atoms with Crippen LogP contribution in [0.3, 0.4) is 0 Å². The van der Waals surface area contributed by atoms with Crippen molar-refractivity contribution in [1.29, 1.82) is 0 Å². The topological polar surface area (TPSA) is 109 Å². The fourth-order valence-corrected chi connectivity index (χ4v) is 4.02. The van der Waals surface area contributed by atoms with Gasteiger partial charge in [0.15, 0.2) is 0 Å². The van der Waals surface area contributed by atoms with Crippen LogP contribution in [0.4, 0.5) is 0 Å². The van der Waals surface area contributed by atoms with E-state index < -0.39 is 10.4 Å². The molecular weight excluding hydrogens is 441 g/mol. The van der Waals surface area contributed by atoms with E-state index in [0.717, 1.165) is 33.5 Å². The van der Waals surface area contributed by atoms with Crippen LogP contribution in [-0.2, 0) is 25.9 Å². The van der Waals surface area contributed by atoms with Gasteiger partial charge in [0.05, 0.1) is 25.1 Å². The average Bonchev–Trinajstić information content (AvgIpc) is 3.36. The molecule has 0 atom stereocenters. The molecule has 0 radical (unpaired) electrons. The van der Waals surface area contributed by atoms with Crippen molar-refractivity contribution in [2.24, 2.45) is 4.99 Å². The van der Waals surface area contributed by atoms with E-state index in [-0.39, 0.29) is 42.7 Å². The quantitative estimate of drug-likeness (QED) is 0.311. The number of aryl methyl sites for hydroxylation is 2. The molecule has 0 amide bonds. The van der Waals surface area contributed by atoms with Crippen molar-refractivity contribution in [3.63, 3.8) is 0 Å². The number of aliphatic imine (C=N–C) groups is 1. The van der Waals surface area contributed by atoms with Gasteiger partial charge in [-0.2, -0.15) is 0 Å². The normalized spacial score (nSPS) is 15.1. The third-order valence-corrected chi connectivity index (χ3v) is 5.52. The average molecular weight is 463 g/mol. The van der Waals surface area contributed by atoms with Crippen molar-refractivity contribution in [2.75, 3.05) is 13.7 Å². The van der Waals surface area contributed by atoms with Gasteiger partial charge in [-0.25, -0.2) is 13.4 Å². The van der Waals surface area contributed by atoms with Gasteiger partial charge in [-0.3, -0.25) is 4.18 Å². The van der Waals surface area contributed by atoms with Crippen molar-refractivity contribution in [3.05, 3.63) is 76.6 Å². The molecule has 1 aliphatic rings. The Bertz CT molecular complexity index is 1350. The van der Waals surface area contributed by atoms with Crippen molar-refractivity contribution < 1.29 is 51.4 Å². The molecule has 3 heterocycles. The summed E-state index contributed by atoms with van der Waals surface area (Å²) >= 11 is 0. The molecule has 2 aromatic heterocycles. The summed E-state index contributed by atoms with van der Waals surface area (Å²) in [5, 5.41) is 0.964. The first-order valence-corrected chi connectivity index (χ1v) is 11.0. The number of rotatable bonds is 7. The minimum atomic E-state index is -4.76. The van der Waals surface area contributed by atoms with Crippen LogP contribution in [-0.4, -0.2) is 41.9 Å². The van der Waals surface area contributed by atoms with Crippen LogP contribution in [0.2, 0.25) is 0 Å². The van der Waals surface area contributed by atoms with Gasteiger partial charge in [0.1, 0.15) is 11.5 Å². The summed E-state index contributed by atoms with van der Waals surface area (Å²) in [4.78, 5) is 8.08. The van der Waals surface area contributed by atoms with Gasteiger partial charge in [0.2, 0.25) is 10.4 Å². The first-order valence-electron chi connectivity index (χ1n) is 9.67. The summed E-state index contributed by atoms with van der Waals surface area (Å²) in [6.07, 6.45) is 3.78. The number of aromatic nitrogens is 2. The van der Waals surface area contributed by atoms with Gasteiger partial charge in [-0.1, -0.05) is 18.2 Å². The monoisotopic (exact) mass is 463 g/mol. The summed E-state index contributed by atoms with van der Waals surface area (Å²) in [5.41, 5.74) is 6.12. The van der Waals surface area contributed by atoms with E-state index in [9.17, 15) is 13.0 Å². The smallest absolute Gasteiger partial charge is 0.726 e. The van der Waals surface area contributed by atoms with Crippen LogP contribution in [0.25, 0.3) is 17.0 Å². The first kappa shape index (κ1) is 24.5. The summed E-state index contributed by atoms with van der Waals surface area (Å²) in [5.74, 6) is 0.622. The molecule has 0 aliphatic carbocycles. The van der Waals surface area contributed by atoms with Crippen LogP contribution >= 0.6 is 0 Å². The van der Waals surface area contributed by atoms with E-state index in [1.807, 2.05) is 60.9 Å². The Morgan fingerprint density at radius 2 is 1.97 bits per heavy atom. The second-order valence-corrected chi connectivity index (χ2v) is 8.31. The SMILES string of the molecule is COC1=CC(c2cc3ccccc3n2CCOS(=O)(=O)[O-])=N/C1=C\c1[nH]c(C)cc1C.[Na+]. The van der Waals surface area contributed by atoms with Crippen LogP contribution in [0.15, 0.2) is 58.9 Å². The standard InChI is InChI=1S/C22H23N3O5S.Na/c1-14-10-15(2)23-17(14)12-19-22(29-3)13-18(24-19)21-11-16-6-4-5-7-20(16)25(21)8-9-30-31(26,27)28;/h4-7,10-13,23H,8-9H2,1-3H3,(H,26,27,28);/q;+1/p-1/b19-12-;. The Kier molecular flexibility index (Phi) is 7.49. The molecule has 0 unspecified atom stereocenters. The van der Waals surface area contributed by atoms with Gasteiger partial charge in [-0.05, 0) is 43.7 Å². The van der Waals surface area contributed by atoms with Crippen LogP contribution in [0.5, 0.6) is 0 Å². The fraction of sp³-hybridized carbons (Fsp3) is 0.227. The molecule has 0 saturated heterocycles. The van der Waals surface area contributed by atoms with E-state index >= 15 is 0 Å². The number of hydrogen-bond donors (Lipinski definition) is 1. The van der Waals surface area contributed by atoms with Gasteiger partial charge < -0.3 is 18.8 Å². The largest absolute Gasteiger partial charge is 1.00 e. The van der Waals surface area contributed by atoms with E-state index in [0.29, 0.717) is 17.2 Å². The number of nitrogens with one attached hydrogen (secondary N) is 1. The minimum Gasteiger partial charge on any atom is -0.726 e. The van der Waals surface area contributed by atoms with Crippen molar-refractivity contribution >= 4 is 33.1 Å². The Morgan fingerprint density at radius 1 is 1.22 bits per heavy atom. The fourth-order valence-electron chi connectivity index (χ4n) is 3.74. The number of hydrogen-bond acceptors (Lipinski definition) is 6. The number of fused-ring (bicyclic) bond motifs is 1. The number of para-hydroxylation sites is 1. The molecule has 0 fully saturated rings. The van der Waals surface area contributed by atoms with E-state index in [4.69, 9.17) is 9.73 Å². The van der Waals surface area contributed by atoms with Gasteiger partial charge >= 0.3 is 29.6 Å². The molecule has 1 aliphatic heterocycles. The predicted molar refractivity (Wildman–Crippen MR) is 117 cm³/mol. The maximum Gasteiger partial charge on any atom is 1.00 e. The number of benzene rings is 1. The molecule has 8 nitrogen and oxygen atoms in total. The molecule has 3 aromatic rings. The van der Waals surface area contributed by atoms with E-state index in [1.165, 1.54) is 0 Å². The van der Waals surface area contributed by atoms with Crippen molar-refractivity contribution in [1.82, 2.24) is 9.55 Å². The van der Waals surface area contributed by atoms with Gasteiger partial charge in [0.25, 0.3) is 0 Å². The Hall–Kier alpha value is -2.14. The minimum absolute atomic E-state index is 0. The Balaban J connectivity index is 0.00000289. The molecule has 0 spiro atoms. The molecule has 162 valence electrons. The van der Waals surface area contributed by atoms with E-state index in [2.05, 4.69) is 15.2 Å². The number of aromatic amines is 1. The molecule has 0 saturated carbocycles. The third kappa shape index (κ3) is 5.25. The summed E-state index contributed by atoms with van der Waals surface area (Å²) in [6.45, 7) is 3.92. The molecule has 32 heavy (non-hydrogen) atoms. The molecule has 1 N–H and O–H groups in total. The van der Waals surface area contributed by atoms with Crippen LogP contribution in [0.1, 0.15) is 22.6 Å². The first-order chi connectivity index (χ1) is 14.7. The third-order valence-electron chi connectivity index (χ3n) is 5.07. The van der Waals surface area contributed by atoms with Crippen molar-refractivity contribution in [2.45, 2.75) is 20.4 Å². The Morgan fingerprint density at radius 3 is 2.62 bits per heavy atom. The maximum atomic E-state index is 10.8. The number of ether oxygens (including phenoxy) is 1. The summed E-state index contributed by atoms with van der Waals surface area (Å²) in [6, 6.07) is 11.7. The second-order valence-electron chi connectivity index (χ2n) is 7.26. The number of allylic oxidation sites excluding steroid dienone is 1. The van der Waals surface area contributed by atoms with Crippen LogP contribution in [0, 0.1) is 13.8 Å². The maximum absolute atomic E-state index is 10.8. The Labute approximate surface area is 208 Å². The molecule has 0 bridgehead atoms. The molecule has 10 heteroatoms. The van der Waals surface area contributed by atoms with Crippen molar-refractivity contribution in [3.8, 4) is 0 Å². The zero-order chi connectivity index (χ0) is 22.2. The molecule has 4 rings (SSSR count). The molecular formula is C22H22N3NaO5S. The zero-order valence-corrected chi connectivity index (χ0v) is 21.2. The van der Waals surface area contributed by atoms with Crippen LogP contribution < -0.4 is 29.6 Å². The number of methoxy groups -OCH3 is 1. The van der Waals surface area contributed by atoms with Gasteiger partial charge in [0, 0.05) is 34.9 Å².